The number of hydrogen-bond donors (Lipinski definition) is 1. The first-order valence-electron chi connectivity index (χ1n) is 5.84. The first-order valence-corrected chi connectivity index (χ1v) is 6.63. The lowest BCUT2D eigenvalue weighted by Crippen LogP contribution is -1.90. The normalized spacial score (nSPS) is 11.0. The molecule has 0 aliphatic heterocycles. The summed E-state index contributed by atoms with van der Waals surface area (Å²) < 4.78 is 6.21. The maximum Gasteiger partial charge on any atom is 0.328 e. The molecule has 2 rings (SSSR count). The Morgan fingerprint density at radius 1 is 1.43 bits per heavy atom. The summed E-state index contributed by atoms with van der Waals surface area (Å²) in [5, 5.41) is 19.3. The van der Waals surface area contributed by atoms with Crippen molar-refractivity contribution < 1.29 is 19.2 Å². The summed E-state index contributed by atoms with van der Waals surface area (Å²) in [7, 11) is 0. The number of halogens is 1. The van der Waals surface area contributed by atoms with E-state index in [1.807, 2.05) is 0 Å². The first kappa shape index (κ1) is 15.0. The van der Waals surface area contributed by atoms with Gasteiger partial charge in [0.05, 0.1) is 9.40 Å². The number of hydrogen-bond acceptors (Lipinski definition) is 4. The van der Waals surface area contributed by atoms with E-state index in [0.29, 0.717) is 27.1 Å². The minimum absolute atomic E-state index is 0.00456. The van der Waals surface area contributed by atoms with Gasteiger partial charge in [-0.15, -0.1) is 0 Å². The predicted octanol–water partition coefficient (Wildman–Crippen LogP) is 4.02. The lowest BCUT2D eigenvalue weighted by atomic mass is 10.1. The summed E-state index contributed by atoms with van der Waals surface area (Å²) in [6, 6.07) is 6.08. The zero-order valence-corrected chi connectivity index (χ0v) is 12.5. The topological polar surface area (TPSA) is 93.6 Å². The molecular formula is C14H10BrNO5. The molecule has 0 radical (unpaired) electrons. The van der Waals surface area contributed by atoms with Crippen LogP contribution in [0.3, 0.4) is 0 Å². The molecule has 0 unspecified atom stereocenters. The first-order chi connectivity index (χ1) is 9.88. The van der Waals surface area contributed by atoms with Gasteiger partial charge in [-0.05, 0) is 46.6 Å². The molecule has 0 saturated heterocycles. The lowest BCUT2D eigenvalue weighted by Gasteiger charge is -2.03. The Kier molecular flexibility index (Phi) is 4.23. The van der Waals surface area contributed by atoms with Gasteiger partial charge in [-0.1, -0.05) is 0 Å². The highest BCUT2D eigenvalue weighted by Gasteiger charge is 2.15. The van der Waals surface area contributed by atoms with Gasteiger partial charge in [0, 0.05) is 23.8 Å². The van der Waals surface area contributed by atoms with Crippen LogP contribution < -0.4 is 0 Å². The number of furan rings is 1. The Hall–Kier alpha value is -2.41. The van der Waals surface area contributed by atoms with Crippen molar-refractivity contribution in [3.8, 4) is 11.3 Å². The minimum atomic E-state index is -1.07. The monoisotopic (exact) mass is 351 g/mol. The van der Waals surface area contributed by atoms with Crippen LogP contribution in [-0.4, -0.2) is 16.0 Å². The van der Waals surface area contributed by atoms with Gasteiger partial charge in [-0.25, -0.2) is 4.79 Å². The molecule has 2 aromatic rings. The largest absolute Gasteiger partial charge is 0.478 e. The van der Waals surface area contributed by atoms with E-state index in [-0.39, 0.29) is 5.69 Å². The van der Waals surface area contributed by atoms with Gasteiger partial charge < -0.3 is 9.52 Å². The number of non-ortho nitro benzene ring substituents is 1. The van der Waals surface area contributed by atoms with Crippen LogP contribution in [-0.2, 0) is 4.79 Å². The molecule has 0 fully saturated rings. The molecule has 0 saturated carbocycles. The predicted molar refractivity (Wildman–Crippen MR) is 79.9 cm³/mol. The molecule has 108 valence electrons. The second-order valence-corrected chi connectivity index (χ2v) is 5.11. The third-order valence-corrected chi connectivity index (χ3v) is 3.35. The number of rotatable bonds is 4. The molecular weight excluding hydrogens is 342 g/mol. The Labute approximate surface area is 128 Å². The average Bonchev–Trinajstić information content (AvgIpc) is 2.77. The van der Waals surface area contributed by atoms with Crippen LogP contribution in [0.2, 0.25) is 0 Å². The summed E-state index contributed by atoms with van der Waals surface area (Å²) in [6.45, 7) is 1.74. The third-order valence-electron chi connectivity index (χ3n) is 2.76. The van der Waals surface area contributed by atoms with E-state index >= 15 is 0 Å². The van der Waals surface area contributed by atoms with E-state index in [0.717, 1.165) is 6.08 Å². The second-order valence-electron chi connectivity index (χ2n) is 4.25. The van der Waals surface area contributed by atoms with E-state index in [2.05, 4.69) is 15.9 Å². The number of nitrogens with zero attached hydrogens (tertiary/aromatic N) is 1. The molecule has 0 aliphatic carbocycles. The number of nitro benzene ring substituents is 1. The summed E-state index contributed by atoms with van der Waals surface area (Å²) in [6.07, 6.45) is 2.30. The molecule has 1 aromatic heterocycles. The van der Waals surface area contributed by atoms with E-state index in [9.17, 15) is 14.9 Å². The third kappa shape index (κ3) is 3.38. The zero-order chi connectivity index (χ0) is 15.6. The standard InChI is InChI=1S/C14H10BrNO5/c1-8-6-9(16(19)20)2-4-11(8)14-12(15)7-10(21-14)3-5-13(17)18/h2-7H,1H3,(H,17,18)/b5-3+. The van der Waals surface area contributed by atoms with Crippen molar-refractivity contribution in [1.82, 2.24) is 0 Å². The van der Waals surface area contributed by atoms with E-state index in [4.69, 9.17) is 9.52 Å². The van der Waals surface area contributed by atoms with Crippen molar-refractivity contribution in [2.45, 2.75) is 6.92 Å². The SMILES string of the molecule is Cc1cc([N+](=O)[O-])ccc1-c1oc(/C=C/C(=O)O)cc1Br. The second kappa shape index (κ2) is 5.92. The number of carbonyl (C=O) groups is 1. The van der Waals surface area contributed by atoms with Gasteiger partial charge in [0.2, 0.25) is 0 Å². The van der Waals surface area contributed by atoms with E-state index in [1.165, 1.54) is 18.2 Å². The van der Waals surface area contributed by atoms with Gasteiger partial charge in [0.15, 0.2) is 0 Å². The fourth-order valence-corrected chi connectivity index (χ4v) is 2.34. The van der Waals surface area contributed by atoms with Crippen LogP contribution in [0.15, 0.2) is 39.2 Å². The van der Waals surface area contributed by atoms with Crippen molar-refractivity contribution in [3.05, 3.63) is 56.3 Å². The summed E-state index contributed by atoms with van der Waals surface area (Å²) >= 11 is 3.33. The number of aryl methyl sites for hydroxylation is 1. The number of benzene rings is 1. The number of aliphatic carboxylic acids is 1. The van der Waals surface area contributed by atoms with Gasteiger partial charge in [-0.2, -0.15) is 0 Å². The van der Waals surface area contributed by atoms with Crippen molar-refractivity contribution in [2.75, 3.05) is 0 Å². The molecule has 0 amide bonds. The van der Waals surface area contributed by atoms with Crippen LogP contribution in [0, 0.1) is 17.0 Å². The van der Waals surface area contributed by atoms with Crippen molar-refractivity contribution in [1.29, 1.82) is 0 Å². The number of carboxylic acids is 1. The maximum atomic E-state index is 10.7. The molecule has 1 heterocycles. The molecule has 0 bridgehead atoms. The van der Waals surface area contributed by atoms with Gasteiger partial charge >= 0.3 is 5.97 Å². The Balaban J connectivity index is 2.43. The highest BCUT2D eigenvalue weighted by atomic mass is 79.9. The molecule has 1 N–H and O–H groups in total. The molecule has 1 aromatic carbocycles. The van der Waals surface area contributed by atoms with E-state index in [1.54, 1.807) is 19.1 Å². The van der Waals surface area contributed by atoms with E-state index < -0.39 is 10.9 Å². The Morgan fingerprint density at radius 3 is 2.71 bits per heavy atom. The highest BCUT2D eigenvalue weighted by Crippen LogP contribution is 2.35. The zero-order valence-electron chi connectivity index (χ0n) is 10.9. The van der Waals surface area contributed by atoms with Gasteiger partial charge in [0.1, 0.15) is 11.5 Å². The average molecular weight is 352 g/mol. The molecule has 21 heavy (non-hydrogen) atoms. The molecule has 6 nitrogen and oxygen atoms in total. The van der Waals surface area contributed by atoms with Crippen LogP contribution >= 0.6 is 15.9 Å². The molecule has 7 heteroatoms. The fourth-order valence-electron chi connectivity index (χ4n) is 1.82. The number of nitro groups is 1. The summed E-state index contributed by atoms with van der Waals surface area (Å²) in [5.74, 6) is -0.208. The molecule has 0 atom stereocenters. The van der Waals surface area contributed by atoms with Crippen molar-refractivity contribution in [3.63, 3.8) is 0 Å². The maximum absolute atomic E-state index is 10.7. The molecule has 0 aliphatic rings. The Morgan fingerprint density at radius 2 is 2.14 bits per heavy atom. The summed E-state index contributed by atoms with van der Waals surface area (Å²) in [4.78, 5) is 20.8. The Bertz CT molecular complexity index is 748. The number of carboxylic acid groups (broad SMARTS) is 1. The summed E-state index contributed by atoms with van der Waals surface area (Å²) in [5.41, 5.74) is 1.39. The van der Waals surface area contributed by atoms with Crippen LogP contribution in [0.25, 0.3) is 17.4 Å². The van der Waals surface area contributed by atoms with Crippen LogP contribution in [0.5, 0.6) is 0 Å². The lowest BCUT2D eigenvalue weighted by molar-refractivity contribution is -0.384. The van der Waals surface area contributed by atoms with Crippen molar-refractivity contribution >= 4 is 33.7 Å². The quantitative estimate of drug-likeness (QED) is 0.509. The van der Waals surface area contributed by atoms with Crippen LogP contribution in [0.4, 0.5) is 5.69 Å². The fraction of sp³-hybridized carbons (Fsp3) is 0.0714. The smallest absolute Gasteiger partial charge is 0.328 e. The van der Waals surface area contributed by atoms with Crippen molar-refractivity contribution in [2.24, 2.45) is 0 Å². The molecule has 0 spiro atoms. The van der Waals surface area contributed by atoms with Gasteiger partial charge in [0.25, 0.3) is 5.69 Å². The highest BCUT2D eigenvalue weighted by molar-refractivity contribution is 9.10. The van der Waals surface area contributed by atoms with Gasteiger partial charge in [-0.3, -0.25) is 10.1 Å². The van der Waals surface area contributed by atoms with Crippen LogP contribution in [0.1, 0.15) is 11.3 Å². The minimum Gasteiger partial charge on any atom is -0.478 e.